The van der Waals surface area contributed by atoms with E-state index in [1.54, 1.807) is 0 Å². The van der Waals surface area contributed by atoms with Crippen LogP contribution in [0.15, 0.2) is 72.8 Å². The smallest absolute Gasteiger partial charge is 0.0545 e. The molecule has 0 aliphatic carbocycles. The van der Waals surface area contributed by atoms with Crippen LogP contribution in [0.4, 0.5) is 17.1 Å². The molecule has 0 saturated heterocycles. The van der Waals surface area contributed by atoms with E-state index in [-0.39, 0.29) is 0 Å². The van der Waals surface area contributed by atoms with Crippen molar-refractivity contribution < 1.29 is 0 Å². The molecule has 0 aromatic heterocycles. The van der Waals surface area contributed by atoms with Gasteiger partial charge in [0.15, 0.2) is 0 Å². The number of benzene rings is 3. The molecule has 2 heteroatoms. The first kappa shape index (κ1) is 10.7. The molecular weight excluding hydrogens is 261 g/mol. The summed E-state index contributed by atoms with van der Waals surface area (Å²) in [6.07, 6.45) is 0. The molecule has 3 aliphatic rings. The third kappa shape index (κ3) is 1.17. The van der Waals surface area contributed by atoms with Crippen LogP contribution in [0.3, 0.4) is 0 Å². The van der Waals surface area contributed by atoms with Gasteiger partial charge >= 0.3 is 0 Å². The van der Waals surface area contributed by atoms with Crippen LogP contribution in [0.1, 0.15) is 0 Å². The zero-order chi connectivity index (χ0) is 13.1. The highest BCUT2D eigenvalue weighted by molar-refractivity contribution is 7.81. The van der Waals surface area contributed by atoms with E-state index in [0.29, 0.717) is 0 Å². The van der Waals surface area contributed by atoms with Crippen LogP contribution in [-0.4, -0.2) is 0 Å². The lowest BCUT2D eigenvalue weighted by molar-refractivity contribution is 1.30. The zero-order valence-electron chi connectivity index (χ0n) is 10.8. The average Bonchev–Trinajstić information content (AvgIpc) is 2.54. The van der Waals surface area contributed by atoms with Gasteiger partial charge in [-0.2, -0.15) is 0 Å². The predicted octanol–water partition coefficient (Wildman–Crippen LogP) is 3.54. The number of nitrogens with zero attached hydrogens (tertiary/aromatic N) is 1. The molecule has 6 rings (SSSR count). The second-order valence-electron chi connectivity index (χ2n) is 5.14. The monoisotopic (exact) mass is 273 g/mol. The Labute approximate surface area is 119 Å². The number of rotatable bonds is 0. The molecule has 0 spiro atoms. The van der Waals surface area contributed by atoms with Crippen molar-refractivity contribution in [1.29, 1.82) is 0 Å². The molecule has 94 valence electrons. The Morgan fingerprint density at radius 3 is 1.25 bits per heavy atom. The van der Waals surface area contributed by atoms with Crippen molar-refractivity contribution in [2.24, 2.45) is 0 Å². The minimum Gasteiger partial charge on any atom is -0.308 e. The Morgan fingerprint density at radius 2 is 0.850 bits per heavy atom. The third-order valence-electron chi connectivity index (χ3n) is 4.09. The van der Waals surface area contributed by atoms with Crippen molar-refractivity contribution in [1.82, 2.24) is 0 Å². The van der Waals surface area contributed by atoms with Crippen LogP contribution in [0.2, 0.25) is 0 Å². The molecule has 3 aromatic rings. The Hall–Kier alpha value is -2.11. The molecule has 0 atom stereocenters. The highest BCUT2D eigenvalue weighted by atomic mass is 31.1. The van der Waals surface area contributed by atoms with E-state index in [1.165, 1.54) is 33.0 Å². The van der Waals surface area contributed by atoms with E-state index >= 15 is 0 Å². The summed E-state index contributed by atoms with van der Waals surface area (Å²) in [5.74, 6) is 0. The van der Waals surface area contributed by atoms with Gasteiger partial charge in [0, 0.05) is 15.9 Å². The van der Waals surface area contributed by atoms with Crippen molar-refractivity contribution in [3.05, 3.63) is 72.8 Å². The molecule has 0 amide bonds. The van der Waals surface area contributed by atoms with Gasteiger partial charge in [0.25, 0.3) is 0 Å². The summed E-state index contributed by atoms with van der Waals surface area (Å²) in [4.78, 5) is 2.42. The summed E-state index contributed by atoms with van der Waals surface area (Å²) in [7, 11) is -0.393. The first-order valence-corrected chi connectivity index (χ1v) is 8.17. The van der Waals surface area contributed by atoms with Gasteiger partial charge in [-0.15, -0.1) is 0 Å². The second kappa shape index (κ2) is 3.71. The summed E-state index contributed by atoms with van der Waals surface area (Å²) in [5, 5.41) is 4.46. The molecular formula is C18H12NP. The third-order valence-corrected chi connectivity index (χ3v) is 6.67. The molecule has 2 bridgehead atoms. The van der Waals surface area contributed by atoms with Crippen molar-refractivity contribution in [2.75, 3.05) is 4.90 Å². The Bertz CT molecular complexity index is 658. The summed E-state index contributed by atoms with van der Waals surface area (Å²) in [6, 6.07) is 26.5. The predicted molar refractivity (Wildman–Crippen MR) is 86.9 cm³/mol. The van der Waals surface area contributed by atoms with E-state index in [0.717, 1.165) is 0 Å². The van der Waals surface area contributed by atoms with Gasteiger partial charge in [-0.25, -0.2) is 0 Å². The topological polar surface area (TPSA) is 3.24 Å². The van der Waals surface area contributed by atoms with Gasteiger partial charge in [-0.1, -0.05) is 54.6 Å². The van der Waals surface area contributed by atoms with Gasteiger partial charge in [-0.3, -0.25) is 0 Å². The van der Waals surface area contributed by atoms with E-state index in [9.17, 15) is 0 Å². The highest BCUT2D eigenvalue weighted by Crippen LogP contribution is 2.54. The van der Waals surface area contributed by atoms with Crippen LogP contribution in [-0.2, 0) is 0 Å². The minimum absolute atomic E-state index is 0.393. The minimum atomic E-state index is -0.393. The average molecular weight is 273 g/mol. The SMILES string of the molecule is c1ccc2c(c1)N1c3ccccc3P2c2ccccc21. The second-order valence-corrected chi connectivity index (χ2v) is 7.25. The molecule has 3 aliphatic heterocycles. The van der Waals surface area contributed by atoms with Crippen molar-refractivity contribution in [3.8, 4) is 0 Å². The van der Waals surface area contributed by atoms with Gasteiger partial charge in [-0.05, 0) is 26.1 Å². The molecule has 0 fully saturated rings. The molecule has 3 aromatic carbocycles. The van der Waals surface area contributed by atoms with Gasteiger partial charge < -0.3 is 4.90 Å². The summed E-state index contributed by atoms with van der Waals surface area (Å²) in [5.41, 5.74) is 4.07. The quantitative estimate of drug-likeness (QED) is 0.390. The first-order valence-electron chi connectivity index (χ1n) is 6.82. The van der Waals surface area contributed by atoms with Crippen molar-refractivity contribution in [2.45, 2.75) is 0 Å². The number of hydrogen-bond acceptors (Lipinski definition) is 1. The lowest BCUT2D eigenvalue weighted by Crippen LogP contribution is -2.41. The lowest BCUT2D eigenvalue weighted by atomic mass is 10.1. The molecule has 0 radical (unpaired) electrons. The number of anilines is 3. The fourth-order valence-electron chi connectivity index (χ4n) is 3.31. The largest absolute Gasteiger partial charge is 0.308 e. The van der Waals surface area contributed by atoms with Gasteiger partial charge in [0.2, 0.25) is 0 Å². The van der Waals surface area contributed by atoms with Crippen molar-refractivity contribution in [3.63, 3.8) is 0 Å². The number of hydrogen-bond donors (Lipinski definition) is 0. The molecule has 0 unspecified atom stereocenters. The molecule has 3 heterocycles. The van der Waals surface area contributed by atoms with Crippen LogP contribution in [0.25, 0.3) is 0 Å². The molecule has 0 saturated carbocycles. The van der Waals surface area contributed by atoms with Crippen LogP contribution >= 0.6 is 7.92 Å². The van der Waals surface area contributed by atoms with E-state index in [1.807, 2.05) is 0 Å². The maximum absolute atomic E-state index is 2.42. The lowest BCUT2D eigenvalue weighted by Gasteiger charge is -2.44. The van der Waals surface area contributed by atoms with Crippen LogP contribution < -0.4 is 20.8 Å². The van der Waals surface area contributed by atoms with Crippen molar-refractivity contribution >= 4 is 40.9 Å². The Morgan fingerprint density at radius 1 is 0.500 bits per heavy atom. The highest BCUT2D eigenvalue weighted by Gasteiger charge is 2.38. The summed E-state index contributed by atoms with van der Waals surface area (Å²) < 4.78 is 0. The Balaban J connectivity index is 1.93. The maximum atomic E-state index is 2.42. The molecule has 1 nitrogen and oxygen atoms in total. The van der Waals surface area contributed by atoms with E-state index in [2.05, 4.69) is 77.7 Å². The fraction of sp³-hybridized carbons (Fsp3) is 0. The first-order chi connectivity index (χ1) is 9.95. The zero-order valence-corrected chi connectivity index (χ0v) is 11.7. The number of para-hydroxylation sites is 3. The summed E-state index contributed by atoms with van der Waals surface area (Å²) in [6.45, 7) is 0. The fourth-order valence-corrected chi connectivity index (χ4v) is 6.00. The van der Waals surface area contributed by atoms with Crippen LogP contribution in [0, 0.1) is 0 Å². The standard InChI is InChI=1S/C18H12NP/c1-4-10-16-13(7-1)19-14-8-2-5-11-17(14)20(16)18-12-6-3-9-15(18)19/h1-12H. The van der Waals surface area contributed by atoms with Gasteiger partial charge in [0.1, 0.15) is 0 Å². The molecule has 0 N–H and O–H groups in total. The normalized spacial score (nSPS) is 14.7. The van der Waals surface area contributed by atoms with Crippen LogP contribution in [0.5, 0.6) is 0 Å². The maximum Gasteiger partial charge on any atom is 0.0545 e. The summed E-state index contributed by atoms with van der Waals surface area (Å²) >= 11 is 0. The van der Waals surface area contributed by atoms with Gasteiger partial charge in [0.05, 0.1) is 17.1 Å². The Kier molecular flexibility index (Phi) is 1.98. The van der Waals surface area contributed by atoms with E-state index in [4.69, 9.17) is 0 Å². The molecule has 20 heavy (non-hydrogen) atoms. The van der Waals surface area contributed by atoms with E-state index < -0.39 is 7.92 Å².